The van der Waals surface area contributed by atoms with Crippen molar-refractivity contribution in [2.75, 3.05) is 25.0 Å². The zero-order valence-electron chi connectivity index (χ0n) is 15.4. The zero-order chi connectivity index (χ0) is 18.9. The summed E-state index contributed by atoms with van der Waals surface area (Å²) >= 11 is 1.98. The Kier molecular flexibility index (Phi) is 7.93. The fourth-order valence-corrected chi connectivity index (χ4v) is 3.69. The average Bonchev–Trinajstić information content (AvgIpc) is 3.06. The van der Waals surface area contributed by atoms with Gasteiger partial charge in [0, 0.05) is 30.2 Å². The first-order valence-electron chi connectivity index (χ1n) is 8.62. The molecule has 142 valence electrons. The molecule has 2 N–H and O–H groups in total. The zero-order valence-corrected chi connectivity index (χ0v) is 16.3. The number of carboxylic acids is 1. The maximum atomic E-state index is 9.00. The first-order valence-corrected chi connectivity index (χ1v) is 9.50. The fraction of sp³-hybridized carbons (Fsp3) is 0.500. The molecule has 26 heavy (non-hydrogen) atoms. The van der Waals surface area contributed by atoms with Crippen LogP contribution in [0.25, 0.3) is 0 Å². The fourth-order valence-electron chi connectivity index (χ4n) is 2.57. The molecule has 2 heterocycles. The molecule has 0 aliphatic carbocycles. The molecule has 7 nitrogen and oxygen atoms in total. The minimum absolute atomic E-state index is 0.618. The second-order valence-corrected chi connectivity index (χ2v) is 7.52. The van der Waals surface area contributed by atoms with Crippen molar-refractivity contribution in [3.05, 3.63) is 35.7 Å². The van der Waals surface area contributed by atoms with Crippen LogP contribution in [0.15, 0.2) is 33.6 Å². The number of rotatable bonds is 5. The summed E-state index contributed by atoms with van der Waals surface area (Å²) in [4.78, 5) is 12.6. The lowest BCUT2D eigenvalue weighted by molar-refractivity contribution is -0.134. The summed E-state index contributed by atoms with van der Waals surface area (Å²) in [5, 5.41) is 19.3. The van der Waals surface area contributed by atoms with E-state index in [0.29, 0.717) is 23.7 Å². The van der Waals surface area contributed by atoms with Gasteiger partial charge in [-0.2, -0.15) is 0 Å². The number of carbonyl (C=O) groups is 1. The normalized spacial score (nSPS) is 14.7. The van der Waals surface area contributed by atoms with E-state index in [9.17, 15) is 0 Å². The van der Waals surface area contributed by atoms with Gasteiger partial charge < -0.3 is 19.7 Å². The van der Waals surface area contributed by atoms with Crippen molar-refractivity contribution >= 4 is 23.7 Å². The molecule has 1 fully saturated rings. The third-order valence-corrected chi connectivity index (χ3v) is 5.17. The molecule has 1 aliphatic rings. The molecule has 3 rings (SSSR count). The van der Waals surface area contributed by atoms with Gasteiger partial charge in [-0.3, -0.25) is 4.79 Å². The molecular formula is C18H26N4O3S. The standard InChI is InChI=1S/C16H22N4OS.C2H4O2/c1-12-3-5-13(6-4-12)22-14-7-9-20(10-8-14)16-19-18-15(21-16)11-17-2;1-2(3)4/h3-6,14,17H,7-11H2,1-2H3;1H3,(H,3,4). The van der Waals surface area contributed by atoms with Gasteiger partial charge in [-0.15, -0.1) is 16.9 Å². The summed E-state index contributed by atoms with van der Waals surface area (Å²) in [6, 6.07) is 9.45. The van der Waals surface area contributed by atoms with Crippen molar-refractivity contribution < 1.29 is 14.3 Å². The lowest BCUT2D eigenvalue weighted by atomic mass is 10.1. The summed E-state index contributed by atoms with van der Waals surface area (Å²) in [6.07, 6.45) is 2.28. The van der Waals surface area contributed by atoms with E-state index in [1.54, 1.807) is 0 Å². The second-order valence-electron chi connectivity index (χ2n) is 6.15. The molecule has 0 radical (unpaired) electrons. The summed E-state index contributed by atoms with van der Waals surface area (Å²) < 4.78 is 5.66. The third-order valence-electron chi connectivity index (χ3n) is 3.82. The van der Waals surface area contributed by atoms with E-state index in [0.717, 1.165) is 32.9 Å². The topological polar surface area (TPSA) is 91.5 Å². The molecule has 0 atom stereocenters. The first-order chi connectivity index (χ1) is 12.5. The Morgan fingerprint density at radius 2 is 1.92 bits per heavy atom. The number of aliphatic carboxylic acids is 1. The molecule has 1 aromatic carbocycles. The molecule has 0 bridgehead atoms. The Morgan fingerprint density at radius 3 is 2.50 bits per heavy atom. The number of thioether (sulfide) groups is 1. The molecule has 0 spiro atoms. The smallest absolute Gasteiger partial charge is 0.318 e. The Balaban J connectivity index is 0.000000552. The number of aromatic nitrogens is 2. The molecule has 0 amide bonds. The van der Waals surface area contributed by atoms with Gasteiger partial charge in [0.25, 0.3) is 5.97 Å². The quantitative estimate of drug-likeness (QED) is 0.820. The Hall–Kier alpha value is -2.06. The maximum absolute atomic E-state index is 9.00. The minimum Gasteiger partial charge on any atom is -0.481 e. The van der Waals surface area contributed by atoms with Gasteiger partial charge in [-0.1, -0.05) is 22.8 Å². The van der Waals surface area contributed by atoms with Crippen molar-refractivity contribution in [2.24, 2.45) is 0 Å². The van der Waals surface area contributed by atoms with Crippen LogP contribution in [0.1, 0.15) is 31.2 Å². The first kappa shape index (κ1) is 20.3. The van der Waals surface area contributed by atoms with Crippen molar-refractivity contribution in [2.45, 2.75) is 43.4 Å². The number of nitrogens with zero attached hydrogens (tertiary/aromatic N) is 3. The highest BCUT2D eigenvalue weighted by molar-refractivity contribution is 8.00. The Morgan fingerprint density at radius 1 is 1.31 bits per heavy atom. The highest BCUT2D eigenvalue weighted by atomic mass is 32.2. The van der Waals surface area contributed by atoms with Crippen molar-refractivity contribution in [3.8, 4) is 0 Å². The molecule has 0 unspecified atom stereocenters. The number of carboxylic acid groups (broad SMARTS) is 1. The number of anilines is 1. The summed E-state index contributed by atoms with van der Waals surface area (Å²) in [5.41, 5.74) is 1.31. The summed E-state index contributed by atoms with van der Waals surface area (Å²) in [6.45, 7) is 5.78. The molecule has 1 aliphatic heterocycles. The molecule has 1 saturated heterocycles. The minimum atomic E-state index is -0.833. The second kappa shape index (κ2) is 10.2. The summed E-state index contributed by atoms with van der Waals surface area (Å²) in [5.74, 6) is -0.186. The van der Waals surface area contributed by atoms with Crippen LogP contribution in [0.4, 0.5) is 6.01 Å². The van der Waals surface area contributed by atoms with Gasteiger partial charge in [0.15, 0.2) is 0 Å². The molecule has 8 heteroatoms. The van der Waals surface area contributed by atoms with Gasteiger partial charge in [0.1, 0.15) is 0 Å². The lowest BCUT2D eigenvalue weighted by Crippen LogP contribution is -2.35. The molecule has 2 aromatic rings. The van der Waals surface area contributed by atoms with E-state index in [-0.39, 0.29) is 0 Å². The monoisotopic (exact) mass is 378 g/mol. The van der Waals surface area contributed by atoms with Crippen LogP contribution in [0, 0.1) is 6.92 Å². The van der Waals surface area contributed by atoms with Gasteiger partial charge in [0.2, 0.25) is 5.89 Å². The van der Waals surface area contributed by atoms with Crippen LogP contribution in [-0.2, 0) is 11.3 Å². The van der Waals surface area contributed by atoms with Crippen LogP contribution in [-0.4, -0.2) is 46.7 Å². The van der Waals surface area contributed by atoms with Gasteiger partial charge >= 0.3 is 6.01 Å². The number of hydrogen-bond donors (Lipinski definition) is 2. The predicted molar refractivity (Wildman–Crippen MR) is 103 cm³/mol. The van der Waals surface area contributed by atoms with E-state index in [1.807, 2.05) is 18.8 Å². The van der Waals surface area contributed by atoms with Crippen molar-refractivity contribution in [1.29, 1.82) is 0 Å². The average molecular weight is 378 g/mol. The highest BCUT2D eigenvalue weighted by Gasteiger charge is 2.23. The number of aryl methyl sites for hydroxylation is 1. The third kappa shape index (κ3) is 6.68. The van der Waals surface area contributed by atoms with Crippen LogP contribution in [0.3, 0.4) is 0 Å². The van der Waals surface area contributed by atoms with E-state index in [2.05, 4.69) is 51.6 Å². The van der Waals surface area contributed by atoms with Crippen LogP contribution in [0.5, 0.6) is 0 Å². The SMILES string of the molecule is CC(=O)O.CNCc1nnc(N2CCC(Sc3ccc(C)cc3)CC2)o1. The van der Waals surface area contributed by atoms with Crippen LogP contribution >= 0.6 is 11.8 Å². The lowest BCUT2D eigenvalue weighted by Gasteiger charge is -2.30. The highest BCUT2D eigenvalue weighted by Crippen LogP contribution is 2.31. The van der Waals surface area contributed by atoms with Crippen molar-refractivity contribution in [3.63, 3.8) is 0 Å². The number of nitrogens with one attached hydrogen (secondary N) is 1. The van der Waals surface area contributed by atoms with E-state index in [4.69, 9.17) is 14.3 Å². The van der Waals surface area contributed by atoms with E-state index < -0.39 is 5.97 Å². The summed E-state index contributed by atoms with van der Waals surface area (Å²) in [7, 11) is 1.87. The van der Waals surface area contributed by atoms with E-state index >= 15 is 0 Å². The van der Waals surface area contributed by atoms with E-state index in [1.165, 1.54) is 10.5 Å². The Labute approximate surface area is 158 Å². The molecule has 0 saturated carbocycles. The van der Waals surface area contributed by atoms with Gasteiger partial charge in [-0.25, -0.2) is 0 Å². The van der Waals surface area contributed by atoms with Gasteiger partial charge in [0.05, 0.1) is 6.54 Å². The maximum Gasteiger partial charge on any atom is 0.318 e. The number of benzene rings is 1. The predicted octanol–water partition coefficient (Wildman–Crippen LogP) is 2.95. The largest absolute Gasteiger partial charge is 0.481 e. The Bertz CT molecular complexity index is 678. The van der Waals surface area contributed by atoms with Crippen LogP contribution < -0.4 is 10.2 Å². The molecular weight excluding hydrogens is 352 g/mol. The van der Waals surface area contributed by atoms with Gasteiger partial charge in [-0.05, 0) is 38.9 Å². The number of piperidine rings is 1. The molecule has 1 aromatic heterocycles. The van der Waals surface area contributed by atoms with Crippen molar-refractivity contribution in [1.82, 2.24) is 15.5 Å². The number of hydrogen-bond acceptors (Lipinski definition) is 7. The van der Waals surface area contributed by atoms with Crippen LogP contribution in [0.2, 0.25) is 0 Å².